The number of halogens is 1. The van der Waals surface area contributed by atoms with Gasteiger partial charge in [0.2, 0.25) is 0 Å². The molecule has 0 saturated heterocycles. The molecule has 0 fully saturated rings. The molecule has 0 saturated carbocycles. The first-order chi connectivity index (χ1) is 6.20. The van der Waals surface area contributed by atoms with Gasteiger partial charge in [-0.1, -0.05) is 0 Å². The van der Waals surface area contributed by atoms with Crippen molar-refractivity contribution in [3.8, 4) is 0 Å². The summed E-state index contributed by atoms with van der Waals surface area (Å²) in [5, 5.41) is 19.2. The lowest BCUT2D eigenvalue weighted by Crippen LogP contribution is -2.15. The van der Waals surface area contributed by atoms with E-state index in [0.717, 1.165) is 0 Å². The van der Waals surface area contributed by atoms with Gasteiger partial charge in [-0.25, -0.2) is 0 Å². The van der Waals surface area contributed by atoms with E-state index in [9.17, 15) is 10.1 Å². The van der Waals surface area contributed by atoms with Crippen molar-refractivity contribution < 1.29 is 14.4 Å². The molecule has 13 heavy (non-hydrogen) atoms. The molecule has 1 aromatic heterocycles. The highest BCUT2D eigenvalue weighted by Gasteiger charge is 2.26. The molecule has 72 valence electrons. The molecule has 0 aliphatic carbocycles. The van der Waals surface area contributed by atoms with Gasteiger partial charge in [0.15, 0.2) is 0 Å². The summed E-state index contributed by atoms with van der Waals surface area (Å²) in [5.41, 5.74) is 0.336. The molecule has 1 atom stereocenters. The van der Waals surface area contributed by atoms with Crippen LogP contribution in [0.2, 0.25) is 0 Å². The minimum absolute atomic E-state index is 0.0622. The molecule has 0 amide bonds. The van der Waals surface area contributed by atoms with Crippen molar-refractivity contribution in [1.82, 2.24) is 0 Å². The quantitative estimate of drug-likeness (QED) is 0.457. The van der Waals surface area contributed by atoms with E-state index in [2.05, 4.69) is 0 Å². The third-order valence-corrected chi connectivity index (χ3v) is 1.93. The maximum atomic E-state index is 10.5. The Morgan fingerprint density at radius 3 is 2.92 bits per heavy atom. The average Bonchev–Trinajstić information content (AvgIpc) is 2.53. The molecule has 0 bridgehead atoms. The lowest BCUT2D eigenvalue weighted by atomic mass is 10.1. The molecule has 1 N–H and O–H groups in total. The van der Waals surface area contributed by atoms with E-state index in [-0.39, 0.29) is 5.88 Å². The first-order valence-corrected chi connectivity index (χ1v) is 4.10. The van der Waals surface area contributed by atoms with Crippen molar-refractivity contribution in [3.05, 3.63) is 33.8 Å². The van der Waals surface area contributed by atoms with Crippen LogP contribution in [0.1, 0.15) is 17.4 Å². The van der Waals surface area contributed by atoms with E-state index >= 15 is 0 Å². The highest BCUT2D eigenvalue weighted by Crippen LogP contribution is 2.22. The molecule has 1 heterocycles. The number of rotatable bonds is 4. The van der Waals surface area contributed by atoms with E-state index in [1.165, 1.54) is 12.3 Å². The summed E-state index contributed by atoms with van der Waals surface area (Å²) >= 11 is 5.48. The van der Waals surface area contributed by atoms with Gasteiger partial charge >= 0.3 is 0 Å². The second-order valence-corrected chi connectivity index (χ2v) is 2.68. The maximum Gasteiger partial charge on any atom is 0.264 e. The van der Waals surface area contributed by atoms with E-state index in [4.69, 9.17) is 21.1 Å². The number of hydrogen-bond donors (Lipinski definition) is 1. The summed E-state index contributed by atoms with van der Waals surface area (Å²) in [4.78, 5) is 9.89. The van der Waals surface area contributed by atoms with Crippen molar-refractivity contribution in [1.29, 1.82) is 0 Å². The van der Waals surface area contributed by atoms with Crippen LogP contribution < -0.4 is 0 Å². The highest BCUT2D eigenvalue weighted by molar-refractivity contribution is 6.16. The smallest absolute Gasteiger partial charge is 0.264 e. The van der Waals surface area contributed by atoms with Gasteiger partial charge in [-0.3, -0.25) is 10.1 Å². The number of nitrogens with zero attached hydrogens (tertiary/aromatic N) is 1. The van der Waals surface area contributed by atoms with Crippen molar-refractivity contribution in [3.63, 3.8) is 0 Å². The lowest BCUT2D eigenvalue weighted by molar-refractivity contribution is -0.532. The second kappa shape index (κ2) is 4.25. The number of alkyl halides is 1. The molecule has 0 radical (unpaired) electrons. The fourth-order valence-corrected chi connectivity index (χ4v) is 1.25. The van der Waals surface area contributed by atoms with Crippen LogP contribution in [-0.4, -0.2) is 16.6 Å². The molecule has 0 aliphatic rings. The number of furan rings is 1. The third-order valence-electron chi connectivity index (χ3n) is 1.69. The van der Waals surface area contributed by atoms with Gasteiger partial charge in [0, 0.05) is 4.92 Å². The van der Waals surface area contributed by atoms with Crippen molar-refractivity contribution in [2.24, 2.45) is 0 Å². The summed E-state index contributed by atoms with van der Waals surface area (Å²) < 4.78 is 4.90. The van der Waals surface area contributed by atoms with Crippen LogP contribution in [0.3, 0.4) is 0 Å². The van der Waals surface area contributed by atoms with Crippen LogP contribution in [-0.2, 0) is 5.88 Å². The molecule has 5 nitrogen and oxygen atoms in total. The molecule has 1 unspecified atom stereocenters. The summed E-state index contributed by atoms with van der Waals surface area (Å²) in [6.45, 7) is -0.559. The fraction of sp³-hybridized carbons (Fsp3) is 0.429. The normalized spacial score (nSPS) is 12.8. The first-order valence-electron chi connectivity index (χ1n) is 3.57. The predicted octanol–water partition coefficient (Wildman–Crippen LogP) is 1.33. The van der Waals surface area contributed by atoms with Crippen molar-refractivity contribution in [2.75, 3.05) is 6.61 Å². The van der Waals surface area contributed by atoms with Crippen LogP contribution in [0.4, 0.5) is 0 Å². The Morgan fingerprint density at radius 1 is 1.77 bits per heavy atom. The SMILES string of the molecule is O=[N+]([O-])C(CO)c1ccoc1CCl. The molecule has 0 aromatic carbocycles. The highest BCUT2D eigenvalue weighted by atomic mass is 35.5. The van der Waals surface area contributed by atoms with Gasteiger partial charge in [-0.15, -0.1) is 11.6 Å². The fourth-order valence-electron chi connectivity index (χ4n) is 1.03. The number of aliphatic hydroxyl groups excluding tert-OH is 1. The zero-order valence-electron chi connectivity index (χ0n) is 6.64. The zero-order chi connectivity index (χ0) is 9.84. The molecule has 6 heteroatoms. The number of nitro groups is 1. The van der Waals surface area contributed by atoms with E-state index in [0.29, 0.717) is 11.3 Å². The van der Waals surface area contributed by atoms with Gasteiger partial charge < -0.3 is 9.52 Å². The molecule has 1 rings (SSSR count). The Bertz CT molecular complexity index is 298. The van der Waals surface area contributed by atoms with Gasteiger partial charge in [0.1, 0.15) is 12.4 Å². The second-order valence-electron chi connectivity index (χ2n) is 2.42. The Balaban J connectivity index is 2.96. The van der Waals surface area contributed by atoms with Gasteiger partial charge in [-0.05, 0) is 6.07 Å². The van der Waals surface area contributed by atoms with E-state index in [1.54, 1.807) is 0 Å². The summed E-state index contributed by atoms with van der Waals surface area (Å²) in [7, 11) is 0. The summed E-state index contributed by atoms with van der Waals surface area (Å²) in [6, 6.07) is 0.300. The Kier molecular flexibility index (Phi) is 3.27. The van der Waals surface area contributed by atoms with Crippen LogP contribution >= 0.6 is 11.6 Å². The molecule has 1 aromatic rings. The van der Waals surface area contributed by atoms with Crippen LogP contribution in [0, 0.1) is 10.1 Å². The van der Waals surface area contributed by atoms with Crippen molar-refractivity contribution in [2.45, 2.75) is 11.9 Å². The summed E-state index contributed by atoms with van der Waals surface area (Å²) in [6.07, 6.45) is 1.32. The Labute approximate surface area is 79.1 Å². The van der Waals surface area contributed by atoms with E-state index < -0.39 is 17.6 Å². The van der Waals surface area contributed by atoms with Gasteiger partial charge in [-0.2, -0.15) is 0 Å². The topological polar surface area (TPSA) is 76.5 Å². The molecule has 0 spiro atoms. The molecular formula is C7H8ClNO4. The third kappa shape index (κ3) is 1.99. The minimum Gasteiger partial charge on any atom is -0.468 e. The largest absolute Gasteiger partial charge is 0.468 e. The Hall–Kier alpha value is -1.07. The number of aliphatic hydroxyl groups is 1. The zero-order valence-corrected chi connectivity index (χ0v) is 7.40. The molecule has 0 aliphatic heterocycles. The standard InChI is InChI=1S/C7H8ClNO4/c8-3-7-5(1-2-13-7)6(4-10)9(11)12/h1-2,6,10H,3-4H2. The number of hydrogen-bond acceptors (Lipinski definition) is 4. The summed E-state index contributed by atoms with van der Waals surface area (Å²) in [5.74, 6) is 0.393. The van der Waals surface area contributed by atoms with Gasteiger partial charge in [0.25, 0.3) is 6.04 Å². The Morgan fingerprint density at radius 2 is 2.46 bits per heavy atom. The van der Waals surface area contributed by atoms with E-state index in [1.807, 2.05) is 0 Å². The van der Waals surface area contributed by atoms with Crippen LogP contribution in [0.5, 0.6) is 0 Å². The first kappa shape index (κ1) is 10.0. The van der Waals surface area contributed by atoms with Gasteiger partial charge in [0.05, 0.1) is 17.7 Å². The maximum absolute atomic E-state index is 10.5. The average molecular weight is 206 g/mol. The minimum atomic E-state index is -1.15. The lowest BCUT2D eigenvalue weighted by Gasteiger charge is -2.04. The van der Waals surface area contributed by atoms with Crippen LogP contribution in [0.15, 0.2) is 16.7 Å². The predicted molar refractivity (Wildman–Crippen MR) is 45.1 cm³/mol. The monoisotopic (exact) mass is 205 g/mol. The van der Waals surface area contributed by atoms with Crippen LogP contribution in [0.25, 0.3) is 0 Å². The van der Waals surface area contributed by atoms with Crippen molar-refractivity contribution >= 4 is 11.6 Å². The molecular weight excluding hydrogens is 198 g/mol.